The summed E-state index contributed by atoms with van der Waals surface area (Å²) in [6, 6.07) is 16.6. The average molecular weight is 344 g/mol. The van der Waals surface area contributed by atoms with Crippen LogP contribution in [0.5, 0.6) is 0 Å². The lowest BCUT2D eigenvalue weighted by atomic mass is 9.84. The van der Waals surface area contributed by atoms with Crippen molar-refractivity contribution in [2.45, 2.75) is 12.3 Å². The number of likely N-dealkylation sites (tertiary alicyclic amines) is 1. The van der Waals surface area contributed by atoms with Crippen LogP contribution in [0.25, 0.3) is 0 Å². The average Bonchev–Trinajstić information content (AvgIpc) is 2.62. The maximum absolute atomic E-state index is 12.8. The van der Waals surface area contributed by atoms with E-state index in [1.807, 2.05) is 30.3 Å². The number of carboxylic acids is 1. The highest BCUT2D eigenvalue weighted by Crippen LogP contribution is 2.32. The summed E-state index contributed by atoms with van der Waals surface area (Å²) < 4.78 is 0. The number of hydrogen-bond donors (Lipinski definition) is 1. The fourth-order valence-electron chi connectivity index (χ4n) is 3.22. The van der Waals surface area contributed by atoms with E-state index in [2.05, 4.69) is 0 Å². The minimum atomic E-state index is -0.868. The summed E-state index contributed by atoms with van der Waals surface area (Å²) in [4.78, 5) is 26.0. The standard InChI is InChI=1S/C19H18ClNO3/c20-17-9-5-4-8-16(17)18(22)21-11-14(10-15(12-21)19(23)24)13-6-2-1-3-7-13/h1-9,14-15H,10-12H2,(H,23,24). The third kappa shape index (κ3) is 3.44. The molecule has 0 saturated carbocycles. The number of rotatable bonds is 3. The molecule has 124 valence electrons. The van der Waals surface area contributed by atoms with E-state index in [0.29, 0.717) is 23.6 Å². The predicted molar refractivity (Wildman–Crippen MR) is 92.3 cm³/mol. The van der Waals surface area contributed by atoms with Gasteiger partial charge in [-0.15, -0.1) is 0 Å². The van der Waals surface area contributed by atoms with E-state index in [9.17, 15) is 14.7 Å². The van der Waals surface area contributed by atoms with Gasteiger partial charge in [-0.3, -0.25) is 9.59 Å². The maximum Gasteiger partial charge on any atom is 0.308 e. The number of aliphatic carboxylic acids is 1. The molecule has 1 amide bonds. The van der Waals surface area contributed by atoms with Gasteiger partial charge in [0.25, 0.3) is 5.91 Å². The first kappa shape index (κ1) is 16.5. The minimum absolute atomic E-state index is 0.00693. The summed E-state index contributed by atoms with van der Waals surface area (Å²) in [6.07, 6.45) is 0.533. The summed E-state index contributed by atoms with van der Waals surface area (Å²) in [6.45, 7) is 0.709. The Morgan fingerprint density at radius 1 is 1.00 bits per heavy atom. The molecule has 24 heavy (non-hydrogen) atoms. The molecule has 0 spiro atoms. The van der Waals surface area contributed by atoms with Gasteiger partial charge in [0.2, 0.25) is 0 Å². The minimum Gasteiger partial charge on any atom is -0.481 e. The van der Waals surface area contributed by atoms with Crippen LogP contribution in [-0.2, 0) is 4.79 Å². The highest BCUT2D eigenvalue weighted by molar-refractivity contribution is 6.33. The van der Waals surface area contributed by atoms with Crippen molar-refractivity contribution in [1.29, 1.82) is 0 Å². The predicted octanol–water partition coefficient (Wildman–Crippen LogP) is 3.67. The lowest BCUT2D eigenvalue weighted by Gasteiger charge is -2.36. The highest BCUT2D eigenvalue weighted by atomic mass is 35.5. The maximum atomic E-state index is 12.8. The Morgan fingerprint density at radius 2 is 1.67 bits per heavy atom. The summed E-state index contributed by atoms with van der Waals surface area (Å²) in [5, 5.41) is 9.85. The van der Waals surface area contributed by atoms with Crippen molar-refractivity contribution in [1.82, 2.24) is 4.90 Å². The molecule has 5 heteroatoms. The highest BCUT2D eigenvalue weighted by Gasteiger charge is 2.35. The Labute approximate surface area is 145 Å². The monoisotopic (exact) mass is 343 g/mol. The van der Waals surface area contributed by atoms with Crippen molar-refractivity contribution in [3.8, 4) is 0 Å². The number of carboxylic acid groups (broad SMARTS) is 1. The smallest absolute Gasteiger partial charge is 0.308 e. The Kier molecular flexibility index (Phi) is 4.86. The molecule has 2 atom stereocenters. The molecule has 1 saturated heterocycles. The largest absolute Gasteiger partial charge is 0.481 e. The van der Waals surface area contributed by atoms with E-state index in [1.165, 1.54) is 0 Å². The second kappa shape index (κ2) is 7.05. The first-order chi connectivity index (χ1) is 11.6. The zero-order valence-corrected chi connectivity index (χ0v) is 13.8. The molecule has 2 unspecified atom stereocenters. The third-order valence-electron chi connectivity index (χ3n) is 4.46. The molecule has 0 aliphatic carbocycles. The van der Waals surface area contributed by atoms with Gasteiger partial charge >= 0.3 is 5.97 Å². The number of carbonyl (C=O) groups is 2. The van der Waals surface area contributed by atoms with E-state index in [0.717, 1.165) is 5.56 Å². The molecule has 1 aliphatic rings. The second-order valence-corrected chi connectivity index (χ2v) is 6.48. The van der Waals surface area contributed by atoms with Crippen LogP contribution in [0.2, 0.25) is 5.02 Å². The van der Waals surface area contributed by atoms with E-state index >= 15 is 0 Å². The number of nitrogens with zero attached hydrogens (tertiary/aromatic N) is 1. The first-order valence-corrected chi connectivity index (χ1v) is 8.25. The van der Waals surface area contributed by atoms with Gasteiger partial charge < -0.3 is 10.0 Å². The second-order valence-electron chi connectivity index (χ2n) is 6.07. The van der Waals surface area contributed by atoms with Crippen molar-refractivity contribution in [3.63, 3.8) is 0 Å². The summed E-state index contributed by atoms with van der Waals surface area (Å²) in [5.41, 5.74) is 1.47. The van der Waals surface area contributed by atoms with Crippen LogP contribution < -0.4 is 0 Å². The molecular weight excluding hydrogens is 326 g/mol. The van der Waals surface area contributed by atoms with Gasteiger partial charge in [-0.1, -0.05) is 54.1 Å². The van der Waals surface area contributed by atoms with Crippen molar-refractivity contribution >= 4 is 23.5 Å². The molecule has 1 heterocycles. The topological polar surface area (TPSA) is 57.6 Å². The molecule has 1 fully saturated rings. The summed E-state index contributed by atoms with van der Waals surface area (Å²) >= 11 is 6.13. The van der Waals surface area contributed by atoms with E-state index in [4.69, 9.17) is 11.6 Å². The number of hydrogen-bond acceptors (Lipinski definition) is 2. The molecule has 4 nitrogen and oxygen atoms in total. The van der Waals surface area contributed by atoms with E-state index < -0.39 is 11.9 Å². The molecule has 1 aliphatic heterocycles. The van der Waals surface area contributed by atoms with Gasteiger partial charge in [0.1, 0.15) is 0 Å². The fourth-order valence-corrected chi connectivity index (χ4v) is 3.43. The molecule has 0 aromatic heterocycles. The lowest BCUT2D eigenvalue weighted by molar-refractivity contribution is -0.143. The number of amides is 1. The number of halogens is 1. The number of piperidine rings is 1. The molecule has 2 aromatic rings. The van der Waals surface area contributed by atoms with Crippen molar-refractivity contribution in [3.05, 3.63) is 70.7 Å². The Hall–Kier alpha value is -2.33. The summed E-state index contributed by atoms with van der Waals surface area (Å²) in [5.74, 6) is -1.65. The number of benzene rings is 2. The van der Waals surface area contributed by atoms with Crippen LogP contribution in [-0.4, -0.2) is 35.0 Å². The van der Waals surface area contributed by atoms with Gasteiger partial charge in [-0.05, 0) is 24.1 Å². The Morgan fingerprint density at radius 3 is 2.33 bits per heavy atom. The van der Waals surface area contributed by atoms with Crippen molar-refractivity contribution in [2.24, 2.45) is 5.92 Å². The van der Waals surface area contributed by atoms with Crippen LogP contribution in [0.4, 0.5) is 0 Å². The van der Waals surface area contributed by atoms with Crippen LogP contribution >= 0.6 is 11.6 Å². The van der Waals surface area contributed by atoms with Gasteiger partial charge in [-0.2, -0.15) is 0 Å². The van der Waals surface area contributed by atoms with E-state index in [1.54, 1.807) is 29.2 Å². The van der Waals surface area contributed by atoms with Gasteiger partial charge in [0.15, 0.2) is 0 Å². The van der Waals surface area contributed by atoms with Crippen LogP contribution in [0.15, 0.2) is 54.6 Å². The fraction of sp³-hybridized carbons (Fsp3) is 0.263. The molecule has 2 aromatic carbocycles. The number of carbonyl (C=O) groups excluding carboxylic acids is 1. The molecule has 0 radical (unpaired) electrons. The lowest BCUT2D eigenvalue weighted by Crippen LogP contribution is -2.45. The van der Waals surface area contributed by atoms with E-state index in [-0.39, 0.29) is 18.4 Å². The van der Waals surface area contributed by atoms with Crippen molar-refractivity contribution < 1.29 is 14.7 Å². The Bertz CT molecular complexity index is 747. The first-order valence-electron chi connectivity index (χ1n) is 7.88. The van der Waals surface area contributed by atoms with Gasteiger partial charge in [-0.25, -0.2) is 0 Å². The molecule has 1 N–H and O–H groups in total. The molecule has 3 rings (SSSR count). The third-order valence-corrected chi connectivity index (χ3v) is 4.79. The van der Waals surface area contributed by atoms with Gasteiger partial charge in [0, 0.05) is 19.0 Å². The van der Waals surface area contributed by atoms with Crippen molar-refractivity contribution in [2.75, 3.05) is 13.1 Å². The SMILES string of the molecule is O=C(O)C1CC(c2ccccc2)CN(C(=O)c2ccccc2Cl)C1. The molecular formula is C19H18ClNO3. The normalized spacial score (nSPS) is 20.6. The Balaban J connectivity index is 1.88. The zero-order chi connectivity index (χ0) is 17.1. The molecule has 0 bridgehead atoms. The van der Waals surface area contributed by atoms with Crippen LogP contribution in [0, 0.1) is 5.92 Å². The van der Waals surface area contributed by atoms with Gasteiger partial charge in [0.05, 0.1) is 16.5 Å². The van der Waals surface area contributed by atoms with Crippen LogP contribution in [0.1, 0.15) is 28.3 Å². The van der Waals surface area contributed by atoms with Crippen LogP contribution in [0.3, 0.4) is 0 Å². The quantitative estimate of drug-likeness (QED) is 0.925. The zero-order valence-electron chi connectivity index (χ0n) is 13.1. The summed E-state index contributed by atoms with van der Waals surface area (Å²) in [7, 11) is 0.